The highest BCUT2D eigenvalue weighted by atomic mass is 35.5. The van der Waals surface area contributed by atoms with Gasteiger partial charge in [-0.15, -0.1) is 11.8 Å². The molecule has 0 aliphatic rings. The topological polar surface area (TPSA) is 20.2 Å². The maximum atomic E-state index is 9.09. The zero-order valence-electron chi connectivity index (χ0n) is 6.17. The van der Waals surface area contributed by atoms with Crippen LogP contribution >= 0.6 is 23.4 Å². The van der Waals surface area contributed by atoms with Crippen LogP contribution in [0, 0.1) is 0 Å². The molecule has 0 aliphatic carbocycles. The molecular weight excluding hydrogens is 180 g/mol. The Hall–Kier alpha value is -0.340. The second-order valence-corrected chi connectivity index (χ2v) is 3.76. The summed E-state index contributed by atoms with van der Waals surface area (Å²) in [5.74, 6) is 1.23. The van der Waals surface area contributed by atoms with Crippen molar-refractivity contribution in [3.63, 3.8) is 0 Å². The molecular formula is C8H9ClOS. The Kier molecular flexibility index (Phi) is 3.09. The lowest BCUT2D eigenvalue weighted by Crippen LogP contribution is -1.74. The normalized spacial score (nSPS) is 10.0. The molecule has 0 radical (unpaired) electrons. The fraction of sp³-hybridized carbons (Fsp3) is 0.250. The number of phenols is 1. The zero-order valence-corrected chi connectivity index (χ0v) is 7.75. The Morgan fingerprint density at radius 2 is 2.27 bits per heavy atom. The molecule has 11 heavy (non-hydrogen) atoms. The number of thioether (sulfide) groups is 1. The predicted octanol–water partition coefficient (Wildman–Crippen LogP) is 3.16. The minimum atomic E-state index is 0.269. The number of aromatic hydroxyl groups is 1. The van der Waals surface area contributed by atoms with Crippen LogP contribution in [0.3, 0.4) is 0 Å². The molecule has 0 saturated carbocycles. The molecule has 0 atom stereocenters. The van der Waals surface area contributed by atoms with Crippen LogP contribution in [0.25, 0.3) is 0 Å². The summed E-state index contributed by atoms with van der Waals surface area (Å²) in [6.45, 7) is 2.05. The Labute approximate surface area is 75.4 Å². The largest absolute Gasteiger partial charge is 0.508 e. The molecule has 0 aliphatic heterocycles. The van der Waals surface area contributed by atoms with E-state index in [9.17, 15) is 0 Å². The van der Waals surface area contributed by atoms with E-state index in [1.165, 1.54) is 0 Å². The fourth-order valence-corrected chi connectivity index (χ4v) is 1.76. The molecule has 1 nitrogen and oxygen atoms in total. The first-order chi connectivity index (χ1) is 5.24. The summed E-state index contributed by atoms with van der Waals surface area (Å²) in [5.41, 5.74) is 0. The van der Waals surface area contributed by atoms with Crippen LogP contribution < -0.4 is 0 Å². The molecule has 0 amide bonds. The summed E-state index contributed by atoms with van der Waals surface area (Å²) in [5, 5.41) is 9.80. The highest BCUT2D eigenvalue weighted by molar-refractivity contribution is 7.99. The first-order valence-corrected chi connectivity index (χ1v) is 4.71. The van der Waals surface area contributed by atoms with E-state index in [2.05, 4.69) is 0 Å². The van der Waals surface area contributed by atoms with E-state index in [0.29, 0.717) is 5.02 Å². The lowest BCUT2D eigenvalue weighted by Gasteiger charge is -2.01. The van der Waals surface area contributed by atoms with Crippen molar-refractivity contribution in [2.75, 3.05) is 5.75 Å². The molecule has 0 saturated heterocycles. The third-order valence-electron chi connectivity index (χ3n) is 1.21. The maximum Gasteiger partial charge on any atom is 0.116 e. The van der Waals surface area contributed by atoms with E-state index in [0.717, 1.165) is 10.6 Å². The van der Waals surface area contributed by atoms with Crippen LogP contribution in [-0.2, 0) is 0 Å². The van der Waals surface area contributed by atoms with Gasteiger partial charge >= 0.3 is 0 Å². The van der Waals surface area contributed by atoms with Gasteiger partial charge in [-0.3, -0.25) is 0 Å². The number of benzene rings is 1. The summed E-state index contributed by atoms with van der Waals surface area (Å²) in [6, 6.07) is 4.97. The lowest BCUT2D eigenvalue weighted by molar-refractivity contribution is 0.474. The second kappa shape index (κ2) is 3.88. The van der Waals surface area contributed by atoms with Gasteiger partial charge in [0.1, 0.15) is 5.75 Å². The van der Waals surface area contributed by atoms with Gasteiger partial charge in [0.15, 0.2) is 0 Å². The van der Waals surface area contributed by atoms with Crippen molar-refractivity contribution in [2.24, 2.45) is 0 Å². The van der Waals surface area contributed by atoms with Crippen molar-refractivity contribution in [3.8, 4) is 5.75 Å². The minimum absolute atomic E-state index is 0.269. The monoisotopic (exact) mass is 188 g/mol. The van der Waals surface area contributed by atoms with E-state index < -0.39 is 0 Å². The highest BCUT2D eigenvalue weighted by Crippen LogP contribution is 2.29. The standard InChI is InChI=1S/C8H9ClOS/c1-2-11-8-5-6(10)3-4-7(8)9/h3-5,10H,2H2,1H3. The van der Waals surface area contributed by atoms with Gasteiger partial charge in [-0.25, -0.2) is 0 Å². The fourth-order valence-electron chi connectivity index (χ4n) is 0.758. The summed E-state index contributed by atoms with van der Waals surface area (Å²) >= 11 is 7.47. The van der Waals surface area contributed by atoms with Crippen molar-refractivity contribution < 1.29 is 5.11 Å². The summed E-state index contributed by atoms with van der Waals surface area (Å²) in [4.78, 5) is 0.939. The molecule has 0 fully saturated rings. The molecule has 1 N–H and O–H groups in total. The van der Waals surface area contributed by atoms with Crippen molar-refractivity contribution in [1.82, 2.24) is 0 Å². The van der Waals surface area contributed by atoms with Gasteiger partial charge < -0.3 is 5.11 Å². The Bertz CT molecular complexity index is 250. The molecule has 0 unspecified atom stereocenters. The summed E-state index contributed by atoms with van der Waals surface area (Å²) < 4.78 is 0. The van der Waals surface area contributed by atoms with Gasteiger partial charge in [0.25, 0.3) is 0 Å². The maximum absolute atomic E-state index is 9.09. The average Bonchev–Trinajstić information content (AvgIpc) is 1.98. The minimum Gasteiger partial charge on any atom is -0.508 e. The second-order valence-electron chi connectivity index (χ2n) is 2.05. The van der Waals surface area contributed by atoms with E-state index in [4.69, 9.17) is 16.7 Å². The van der Waals surface area contributed by atoms with E-state index >= 15 is 0 Å². The SMILES string of the molecule is CCSc1cc(O)ccc1Cl. The molecule has 3 heteroatoms. The molecule has 1 rings (SSSR count). The lowest BCUT2D eigenvalue weighted by atomic mass is 10.3. The number of phenolic OH excluding ortho intramolecular Hbond substituents is 1. The quantitative estimate of drug-likeness (QED) is 0.720. The molecule has 0 spiro atoms. The van der Waals surface area contributed by atoms with E-state index in [1.807, 2.05) is 6.92 Å². The third-order valence-corrected chi connectivity index (χ3v) is 2.59. The van der Waals surface area contributed by atoms with Crippen LogP contribution in [0.15, 0.2) is 23.1 Å². The van der Waals surface area contributed by atoms with Gasteiger partial charge in [0.05, 0.1) is 5.02 Å². The molecule has 1 aromatic carbocycles. The number of rotatable bonds is 2. The molecule has 0 bridgehead atoms. The predicted molar refractivity (Wildman–Crippen MR) is 49.5 cm³/mol. The Morgan fingerprint density at radius 3 is 2.91 bits per heavy atom. The first kappa shape index (κ1) is 8.75. The number of halogens is 1. The van der Waals surface area contributed by atoms with Gasteiger partial charge in [-0.05, 0) is 24.0 Å². The zero-order chi connectivity index (χ0) is 8.27. The Morgan fingerprint density at radius 1 is 1.55 bits per heavy atom. The van der Waals surface area contributed by atoms with Crippen LogP contribution in [0.5, 0.6) is 5.75 Å². The van der Waals surface area contributed by atoms with Gasteiger partial charge in [-0.1, -0.05) is 18.5 Å². The average molecular weight is 189 g/mol. The smallest absolute Gasteiger partial charge is 0.116 e. The Balaban J connectivity index is 2.93. The van der Waals surface area contributed by atoms with Crippen molar-refractivity contribution >= 4 is 23.4 Å². The number of hydrogen-bond acceptors (Lipinski definition) is 2. The molecule has 60 valence electrons. The molecule has 0 heterocycles. The molecule has 1 aromatic rings. The van der Waals surface area contributed by atoms with Crippen molar-refractivity contribution in [2.45, 2.75) is 11.8 Å². The summed E-state index contributed by atoms with van der Waals surface area (Å²) in [6.07, 6.45) is 0. The van der Waals surface area contributed by atoms with Gasteiger partial charge in [0.2, 0.25) is 0 Å². The first-order valence-electron chi connectivity index (χ1n) is 3.35. The highest BCUT2D eigenvalue weighted by Gasteiger charge is 1.99. The number of hydrogen-bond donors (Lipinski definition) is 1. The summed E-state index contributed by atoms with van der Waals surface area (Å²) in [7, 11) is 0. The van der Waals surface area contributed by atoms with E-state index in [-0.39, 0.29) is 5.75 Å². The van der Waals surface area contributed by atoms with E-state index in [1.54, 1.807) is 30.0 Å². The van der Waals surface area contributed by atoms with Crippen LogP contribution in [0.2, 0.25) is 5.02 Å². The van der Waals surface area contributed by atoms with Crippen molar-refractivity contribution in [1.29, 1.82) is 0 Å². The van der Waals surface area contributed by atoms with Crippen molar-refractivity contribution in [3.05, 3.63) is 23.2 Å². The van der Waals surface area contributed by atoms with Gasteiger partial charge in [0, 0.05) is 4.90 Å². The molecule has 0 aromatic heterocycles. The van der Waals surface area contributed by atoms with Crippen LogP contribution in [0.4, 0.5) is 0 Å². The van der Waals surface area contributed by atoms with Gasteiger partial charge in [-0.2, -0.15) is 0 Å². The third kappa shape index (κ3) is 2.31. The van der Waals surface area contributed by atoms with Crippen LogP contribution in [0.1, 0.15) is 6.92 Å². The van der Waals surface area contributed by atoms with Crippen LogP contribution in [-0.4, -0.2) is 10.9 Å².